The van der Waals surface area contributed by atoms with Gasteiger partial charge < -0.3 is 10.1 Å². The molecule has 0 fully saturated rings. The Labute approximate surface area is 138 Å². The number of halogens is 2. The Kier molecular flexibility index (Phi) is 5.34. The molecule has 2 aromatic carbocycles. The number of carbonyl (C=O) groups is 2. The van der Waals surface area contributed by atoms with E-state index in [0.29, 0.717) is 5.69 Å². The molecule has 0 aromatic heterocycles. The minimum absolute atomic E-state index is 0.0682. The molecule has 1 atom stereocenters. The van der Waals surface area contributed by atoms with Gasteiger partial charge in [-0.05, 0) is 43.7 Å². The second-order valence-corrected chi connectivity index (χ2v) is 5.41. The number of carbonyl (C=O) groups excluding carboxylic acids is 2. The quantitative estimate of drug-likeness (QED) is 0.860. The highest BCUT2D eigenvalue weighted by Crippen LogP contribution is 2.20. The molecule has 2 aromatic rings. The van der Waals surface area contributed by atoms with Crippen molar-refractivity contribution in [2.24, 2.45) is 0 Å². The molecule has 23 heavy (non-hydrogen) atoms. The molecule has 0 aliphatic heterocycles. The molecule has 0 saturated heterocycles. The zero-order valence-electron chi connectivity index (χ0n) is 12.6. The number of rotatable bonds is 4. The molecular formula is C17H15ClFNO3. The van der Waals surface area contributed by atoms with Crippen molar-refractivity contribution >= 4 is 29.2 Å². The van der Waals surface area contributed by atoms with Crippen LogP contribution >= 0.6 is 11.6 Å². The van der Waals surface area contributed by atoms with E-state index < -0.39 is 23.8 Å². The molecule has 0 aliphatic rings. The van der Waals surface area contributed by atoms with Gasteiger partial charge in [-0.1, -0.05) is 29.8 Å². The lowest BCUT2D eigenvalue weighted by Crippen LogP contribution is -2.30. The van der Waals surface area contributed by atoms with E-state index in [1.54, 1.807) is 18.2 Å². The Morgan fingerprint density at radius 2 is 1.91 bits per heavy atom. The van der Waals surface area contributed by atoms with E-state index in [2.05, 4.69) is 5.32 Å². The Balaban J connectivity index is 2.05. The SMILES string of the molecule is Cc1cccc(NC(=O)[C@H](C)OC(=O)c2c(F)cccc2Cl)c1. The van der Waals surface area contributed by atoms with Crippen LogP contribution in [0.3, 0.4) is 0 Å². The highest BCUT2D eigenvalue weighted by atomic mass is 35.5. The van der Waals surface area contributed by atoms with Crippen molar-refractivity contribution in [1.29, 1.82) is 0 Å². The number of ether oxygens (including phenoxy) is 1. The van der Waals surface area contributed by atoms with E-state index in [4.69, 9.17) is 16.3 Å². The molecule has 0 saturated carbocycles. The third kappa shape index (κ3) is 4.29. The predicted molar refractivity (Wildman–Crippen MR) is 86.1 cm³/mol. The smallest absolute Gasteiger partial charge is 0.343 e. The highest BCUT2D eigenvalue weighted by Gasteiger charge is 2.23. The summed E-state index contributed by atoms with van der Waals surface area (Å²) in [7, 11) is 0. The predicted octanol–water partition coefficient (Wildman–Crippen LogP) is 3.97. The van der Waals surface area contributed by atoms with Crippen molar-refractivity contribution in [3.63, 3.8) is 0 Å². The topological polar surface area (TPSA) is 55.4 Å². The van der Waals surface area contributed by atoms with E-state index in [1.165, 1.54) is 19.1 Å². The molecule has 6 heteroatoms. The Morgan fingerprint density at radius 1 is 1.22 bits per heavy atom. The first kappa shape index (κ1) is 17.0. The molecule has 0 radical (unpaired) electrons. The van der Waals surface area contributed by atoms with E-state index in [-0.39, 0.29) is 10.6 Å². The van der Waals surface area contributed by atoms with Crippen LogP contribution in [0, 0.1) is 12.7 Å². The molecule has 1 amide bonds. The second-order valence-electron chi connectivity index (χ2n) is 5.00. The summed E-state index contributed by atoms with van der Waals surface area (Å²) in [5.41, 5.74) is 1.18. The lowest BCUT2D eigenvalue weighted by atomic mass is 10.2. The van der Waals surface area contributed by atoms with Crippen molar-refractivity contribution in [2.75, 3.05) is 5.32 Å². The minimum atomic E-state index is -1.10. The van der Waals surface area contributed by atoms with Crippen molar-refractivity contribution in [2.45, 2.75) is 20.0 Å². The van der Waals surface area contributed by atoms with Gasteiger partial charge in [-0.25, -0.2) is 9.18 Å². The lowest BCUT2D eigenvalue weighted by Gasteiger charge is -2.14. The van der Waals surface area contributed by atoms with Crippen LogP contribution in [0.2, 0.25) is 5.02 Å². The summed E-state index contributed by atoms with van der Waals surface area (Å²) in [5.74, 6) is -2.30. The zero-order valence-corrected chi connectivity index (χ0v) is 13.4. The molecule has 0 unspecified atom stereocenters. The van der Waals surface area contributed by atoms with Crippen LogP contribution in [0.15, 0.2) is 42.5 Å². The van der Waals surface area contributed by atoms with Crippen LogP contribution in [0.1, 0.15) is 22.8 Å². The first-order chi connectivity index (χ1) is 10.9. The molecule has 0 aliphatic carbocycles. The summed E-state index contributed by atoms with van der Waals surface area (Å²) in [6, 6.07) is 11.0. The summed E-state index contributed by atoms with van der Waals surface area (Å²) in [6.07, 6.45) is -1.10. The van der Waals surface area contributed by atoms with Gasteiger partial charge in [0.1, 0.15) is 11.4 Å². The zero-order chi connectivity index (χ0) is 17.0. The molecule has 120 valence electrons. The van der Waals surface area contributed by atoms with Gasteiger partial charge in [0.2, 0.25) is 0 Å². The van der Waals surface area contributed by atoms with Gasteiger partial charge in [0, 0.05) is 5.69 Å². The number of aryl methyl sites for hydroxylation is 1. The Morgan fingerprint density at radius 3 is 2.57 bits per heavy atom. The molecule has 1 N–H and O–H groups in total. The van der Waals surface area contributed by atoms with Crippen LogP contribution in [0.25, 0.3) is 0 Å². The largest absolute Gasteiger partial charge is 0.449 e. The van der Waals surface area contributed by atoms with Crippen LogP contribution in [-0.4, -0.2) is 18.0 Å². The fourth-order valence-electron chi connectivity index (χ4n) is 1.93. The molecular weight excluding hydrogens is 321 g/mol. The number of hydrogen-bond acceptors (Lipinski definition) is 3. The van der Waals surface area contributed by atoms with Crippen molar-refractivity contribution in [1.82, 2.24) is 0 Å². The first-order valence-corrected chi connectivity index (χ1v) is 7.29. The van der Waals surface area contributed by atoms with Crippen LogP contribution in [-0.2, 0) is 9.53 Å². The third-order valence-electron chi connectivity index (χ3n) is 3.11. The highest BCUT2D eigenvalue weighted by molar-refractivity contribution is 6.33. The Bertz CT molecular complexity index is 728. The van der Waals surface area contributed by atoms with Crippen molar-refractivity contribution < 1.29 is 18.7 Å². The number of esters is 1. The maximum atomic E-state index is 13.7. The van der Waals surface area contributed by atoms with Gasteiger partial charge in [0.15, 0.2) is 6.10 Å². The average Bonchev–Trinajstić information content (AvgIpc) is 2.46. The maximum Gasteiger partial charge on any atom is 0.343 e. The normalized spacial score (nSPS) is 11.7. The van der Waals surface area contributed by atoms with E-state index in [9.17, 15) is 14.0 Å². The summed E-state index contributed by atoms with van der Waals surface area (Å²) < 4.78 is 18.6. The van der Waals surface area contributed by atoms with Crippen molar-refractivity contribution in [3.8, 4) is 0 Å². The summed E-state index contributed by atoms with van der Waals surface area (Å²) in [4.78, 5) is 24.0. The summed E-state index contributed by atoms with van der Waals surface area (Å²) in [5, 5.41) is 2.56. The van der Waals surface area contributed by atoms with Crippen LogP contribution in [0.4, 0.5) is 10.1 Å². The number of anilines is 1. The molecule has 4 nitrogen and oxygen atoms in total. The van der Waals surface area contributed by atoms with Gasteiger partial charge in [-0.2, -0.15) is 0 Å². The minimum Gasteiger partial charge on any atom is -0.449 e. The summed E-state index contributed by atoms with van der Waals surface area (Å²) >= 11 is 5.79. The third-order valence-corrected chi connectivity index (χ3v) is 3.42. The summed E-state index contributed by atoms with van der Waals surface area (Å²) in [6.45, 7) is 3.29. The molecule has 0 heterocycles. The first-order valence-electron chi connectivity index (χ1n) is 6.91. The number of amides is 1. The maximum absolute atomic E-state index is 13.7. The van der Waals surface area contributed by atoms with Gasteiger partial charge in [-0.3, -0.25) is 4.79 Å². The number of benzene rings is 2. The van der Waals surface area contributed by atoms with Gasteiger partial charge in [0.05, 0.1) is 5.02 Å². The monoisotopic (exact) mass is 335 g/mol. The van der Waals surface area contributed by atoms with Crippen LogP contribution < -0.4 is 5.32 Å². The van der Waals surface area contributed by atoms with Gasteiger partial charge in [0.25, 0.3) is 5.91 Å². The number of nitrogens with one attached hydrogen (secondary N) is 1. The fraction of sp³-hybridized carbons (Fsp3) is 0.176. The van der Waals surface area contributed by atoms with E-state index >= 15 is 0 Å². The lowest BCUT2D eigenvalue weighted by molar-refractivity contribution is -0.123. The standard InChI is InChI=1S/C17H15ClFNO3/c1-10-5-3-6-12(9-10)20-16(21)11(2)23-17(22)15-13(18)7-4-8-14(15)19/h3-9,11H,1-2H3,(H,20,21)/t11-/m0/s1. The molecule has 0 bridgehead atoms. The van der Waals surface area contributed by atoms with E-state index in [0.717, 1.165) is 11.6 Å². The Hall–Kier alpha value is -2.40. The van der Waals surface area contributed by atoms with Crippen molar-refractivity contribution in [3.05, 3.63) is 64.4 Å². The van der Waals surface area contributed by atoms with Gasteiger partial charge in [-0.15, -0.1) is 0 Å². The average molecular weight is 336 g/mol. The van der Waals surface area contributed by atoms with Gasteiger partial charge >= 0.3 is 5.97 Å². The van der Waals surface area contributed by atoms with Crippen LogP contribution in [0.5, 0.6) is 0 Å². The second kappa shape index (κ2) is 7.24. The number of hydrogen-bond donors (Lipinski definition) is 1. The fourth-order valence-corrected chi connectivity index (χ4v) is 2.17. The van der Waals surface area contributed by atoms with E-state index in [1.807, 2.05) is 13.0 Å². The molecule has 2 rings (SSSR count). The molecule has 0 spiro atoms.